The Morgan fingerprint density at radius 2 is 2.03 bits per heavy atom. The highest BCUT2D eigenvalue weighted by Crippen LogP contribution is 2.32. The van der Waals surface area contributed by atoms with Gasteiger partial charge >= 0.3 is 6.16 Å². The normalized spacial score (nSPS) is 14.9. The molecule has 1 aliphatic rings. The van der Waals surface area contributed by atoms with Crippen molar-refractivity contribution in [2.24, 2.45) is 0 Å². The van der Waals surface area contributed by atoms with Crippen LogP contribution in [-0.4, -0.2) is 57.1 Å². The number of nitrogens with zero attached hydrogens (tertiary/aromatic N) is 5. The van der Waals surface area contributed by atoms with Crippen molar-refractivity contribution in [3.8, 4) is 5.75 Å². The second-order valence-corrected chi connectivity index (χ2v) is 7.74. The quantitative estimate of drug-likeness (QED) is 0.568. The number of hydrogen-bond acceptors (Lipinski definition) is 8. The first-order valence-electron chi connectivity index (χ1n) is 10.2. The molecule has 3 aromatic heterocycles. The molecule has 4 heterocycles. The molecule has 4 rings (SSSR count). The number of pyridine rings is 1. The number of rotatable bonds is 6. The number of aromatic nitrogens is 4. The Morgan fingerprint density at radius 1 is 1.26 bits per heavy atom. The Hall–Kier alpha value is -3.40. The summed E-state index contributed by atoms with van der Waals surface area (Å²) in [5.41, 5.74) is 0.819. The summed E-state index contributed by atoms with van der Waals surface area (Å²) in [4.78, 5) is 26.6. The van der Waals surface area contributed by atoms with Gasteiger partial charge in [-0.1, -0.05) is 0 Å². The van der Waals surface area contributed by atoms with Crippen LogP contribution in [-0.2, 0) is 4.74 Å². The van der Waals surface area contributed by atoms with E-state index in [1.165, 1.54) is 0 Å². The summed E-state index contributed by atoms with van der Waals surface area (Å²) in [6.07, 6.45) is 5.84. The van der Waals surface area contributed by atoms with Crippen molar-refractivity contribution >= 4 is 34.6 Å². The monoisotopic (exact) mass is 426 g/mol. The van der Waals surface area contributed by atoms with E-state index < -0.39 is 6.16 Å². The van der Waals surface area contributed by atoms with Gasteiger partial charge in [-0.05, 0) is 32.8 Å². The van der Waals surface area contributed by atoms with Crippen LogP contribution in [0.5, 0.6) is 5.75 Å². The van der Waals surface area contributed by atoms with E-state index in [9.17, 15) is 4.79 Å². The van der Waals surface area contributed by atoms with E-state index in [4.69, 9.17) is 14.6 Å². The first kappa shape index (κ1) is 20.9. The van der Waals surface area contributed by atoms with Gasteiger partial charge in [-0.25, -0.2) is 14.8 Å². The number of methoxy groups -OCH3 is 1. The van der Waals surface area contributed by atoms with Crippen LogP contribution in [0.1, 0.15) is 32.7 Å². The maximum absolute atomic E-state index is 11.0. The number of fused-ring (bicyclic) bond motifs is 1. The third-order valence-corrected chi connectivity index (χ3v) is 5.39. The molecule has 1 aliphatic heterocycles. The highest BCUT2D eigenvalue weighted by Gasteiger charge is 2.21. The molecular weight excluding hydrogens is 400 g/mol. The molecule has 0 bridgehead atoms. The van der Waals surface area contributed by atoms with Gasteiger partial charge < -0.3 is 29.4 Å². The standard InChI is InChI=1S/C21H26N6O4/c1-13(2)27-12-17(31-21(28)29)15-11-23-19(10-16(15)27)24-18-4-7-22-20(25-18)26-8-5-14(30-3)6-9-26/h4,7,10-14H,5-6,8-9H2,1-3H3,(H,28,29)(H,22,23,24,25). The van der Waals surface area contributed by atoms with Crippen molar-refractivity contribution in [3.63, 3.8) is 0 Å². The van der Waals surface area contributed by atoms with E-state index in [2.05, 4.69) is 25.2 Å². The molecule has 1 fully saturated rings. The SMILES string of the molecule is COC1CCN(c2nccc(Nc3cc4c(cn3)c(OC(=O)O)cn4C(C)C)n2)CC1. The van der Waals surface area contributed by atoms with E-state index in [0.29, 0.717) is 29.1 Å². The fraction of sp³-hybridized carbons (Fsp3) is 0.429. The van der Waals surface area contributed by atoms with Crippen LogP contribution in [0.4, 0.5) is 22.4 Å². The molecule has 0 unspecified atom stereocenters. The lowest BCUT2D eigenvalue weighted by molar-refractivity contribution is 0.0816. The molecule has 0 amide bonds. The van der Waals surface area contributed by atoms with E-state index in [1.54, 1.807) is 31.8 Å². The first-order chi connectivity index (χ1) is 14.9. The molecule has 0 aromatic carbocycles. The van der Waals surface area contributed by atoms with Crippen LogP contribution in [0, 0.1) is 0 Å². The summed E-state index contributed by atoms with van der Waals surface area (Å²) >= 11 is 0. The lowest BCUT2D eigenvalue weighted by Crippen LogP contribution is -2.37. The lowest BCUT2D eigenvalue weighted by atomic mass is 10.1. The number of carboxylic acid groups (broad SMARTS) is 1. The molecular formula is C21H26N6O4. The summed E-state index contributed by atoms with van der Waals surface area (Å²) < 4.78 is 12.3. The van der Waals surface area contributed by atoms with Crippen LogP contribution in [0.3, 0.4) is 0 Å². The largest absolute Gasteiger partial charge is 0.511 e. The maximum Gasteiger partial charge on any atom is 0.511 e. The number of nitrogens with one attached hydrogen (secondary N) is 1. The summed E-state index contributed by atoms with van der Waals surface area (Å²) in [5, 5.41) is 12.9. The minimum absolute atomic E-state index is 0.115. The van der Waals surface area contributed by atoms with Gasteiger partial charge in [0.15, 0.2) is 5.75 Å². The summed E-state index contributed by atoms with van der Waals surface area (Å²) in [5.74, 6) is 2.16. The fourth-order valence-corrected chi connectivity index (χ4v) is 3.78. The molecule has 164 valence electrons. The molecule has 0 saturated carbocycles. The average molecular weight is 426 g/mol. The van der Waals surface area contributed by atoms with Gasteiger partial charge in [0.2, 0.25) is 5.95 Å². The van der Waals surface area contributed by atoms with Gasteiger partial charge in [-0.3, -0.25) is 0 Å². The Balaban J connectivity index is 1.57. The van der Waals surface area contributed by atoms with Crippen molar-refractivity contribution in [2.75, 3.05) is 30.4 Å². The van der Waals surface area contributed by atoms with Gasteiger partial charge in [-0.2, -0.15) is 4.98 Å². The predicted octanol–water partition coefficient (Wildman–Crippen LogP) is 3.82. The molecule has 1 saturated heterocycles. The van der Waals surface area contributed by atoms with Gasteiger partial charge in [-0.15, -0.1) is 0 Å². The fourth-order valence-electron chi connectivity index (χ4n) is 3.78. The molecule has 2 N–H and O–H groups in total. The maximum atomic E-state index is 11.0. The zero-order valence-corrected chi connectivity index (χ0v) is 17.8. The Kier molecular flexibility index (Phi) is 5.90. The van der Waals surface area contributed by atoms with E-state index in [1.807, 2.05) is 24.5 Å². The number of carbonyl (C=O) groups is 1. The Bertz CT molecular complexity index is 1070. The molecule has 31 heavy (non-hydrogen) atoms. The van der Waals surface area contributed by atoms with Crippen molar-refractivity contribution < 1.29 is 19.4 Å². The highest BCUT2D eigenvalue weighted by molar-refractivity contribution is 5.89. The third-order valence-electron chi connectivity index (χ3n) is 5.39. The second kappa shape index (κ2) is 8.76. The zero-order valence-electron chi connectivity index (χ0n) is 17.8. The zero-order chi connectivity index (χ0) is 22.0. The van der Waals surface area contributed by atoms with Gasteiger partial charge in [0.25, 0.3) is 0 Å². The molecule has 10 heteroatoms. The van der Waals surface area contributed by atoms with E-state index in [0.717, 1.165) is 31.4 Å². The molecule has 0 spiro atoms. The molecule has 0 atom stereocenters. The summed E-state index contributed by atoms with van der Waals surface area (Å²) in [6.45, 7) is 5.72. The van der Waals surface area contributed by atoms with Crippen LogP contribution < -0.4 is 15.0 Å². The summed E-state index contributed by atoms with van der Waals surface area (Å²) in [6, 6.07) is 3.76. The lowest BCUT2D eigenvalue weighted by Gasteiger charge is -2.31. The number of ether oxygens (including phenoxy) is 2. The topological polar surface area (TPSA) is 115 Å². The smallest absolute Gasteiger partial charge is 0.449 e. The highest BCUT2D eigenvalue weighted by atomic mass is 16.7. The Labute approximate surface area is 179 Å². The minimum Gasteiger partial charge on any atom is -0.449 e. The number of anilines is 3. The van der Waals surface area contributed by atoms with Crippen LogP contribution >= 0.6 is 0 Å². The third kappa shape index (κ3) is 4.53. The number of piperidine rings is 1. The average Bonchev–Trinajstić information content (AvgIpc) is 3.11. The van der Waals surface area contributed by atoms with Crippen molar-refractivity contribution in [3.05, 3.63) is 30.7 Å². The molecule has 0 aliphatic carbocycles. The van der Waals surface area contributed by atoms with Gasteiger partial charge in [0, 0.05) is 50.9 Å². The van der Waals surface area contributed by atoms with Crippen molar-refractivity contribution in [2.45, 2.75) is 38.8 Å². The molecule has 0 radical (unpaired) electrons. The minimum atomic E-state index is -1.35. The van der Waals surface area contributed by atoms with E-state index in [-0.39, 0.29) is 11.8 Å². The van der Waals surface area contributed by atoms with Gasteiger partial charge in [0.1, 0.15) is 11.6 Å². The Morgan fingerprint density at radius 3 is 2.71 bits per heavy atom. The van der Waals surface area contributed by atoms with Crippen LogP contribution in [0.2, 0.25) is 0 Å². The number of hydrogen-bond donors (Lipinski definition) is 2. The molecule has 10 nitrogen and oxygen atoms in total. The van der Waals surface area contributed by atoms with Crippen molar-refractivity contribution in [1.82, 2.24) is 19.5 Å². The molecule has 3 aromatic rings. The van der Waals surface area contributed by atoms with Crippen LogP contribution in [0.15, 0.2) is 30.7 Å². The van der Waals surface area contributed by atoms with Gasteiger partial charge in [0.05, 0.1) is 17.0 Å². The van der Waals surface area contributed by atoms with E-state index >= 15 is 0 Å². The first-order valence-corrected chi connectivity index (χ1v) is 10.2. The predicted molar refractivity (Wildman–Crippen MR) is 116 cm³/mol. The summed E-state index contributed by atoms with van der Waals surface area (Å²) in [7, 11) is 1.75. The second-order valence-electron chi connectivity index (χ2n) is 7.74. The van der Waals surface area contributed by atoms with Crippen LogP contribution in [0.25, 0.3) is 10.9 Å². The van der Waals surface area contributed by atoms with Crippen molar-refractivity contribution in [1.29, 1.82) is 0 Å².